The van der Waals surface area contributed by atoms with Gasteiger partial charge in [0, 0.05) is 18.4 Å². The first-order chi connectivity index (χ1) is 6.89. The van der Waals surface area contributed by atoms with Gasteiger partial charge in [0.1, 0.15) is 0 Å². The molecule has 16 heavy (non-hydrogen) atoms. The number of quaternary nitrogens is 1. The molecule has 0 fully saturated rings. The van der Waals surface area contributed by atoms with Crippen molar-refractivity contribution in [1.82, 2.24) is 0 Å². The Labute approximate surface area is 115 Å². The minimum atomic E-state index is -2.85. The van der Waals surface area contributed by atoms with Crippen molar-refractivity contribution < 1.29 is 29.9 Å². The molecule has 0 radical (unpaired) electrons. The normalized spacial score (nSPS) is 12.2. The quantitative estimate of drug-likeness (QED) is 0.323. The summed E-state index contributed by atoms with van der Waals surface area (Å²) in [7, 11) is -1.78. The lowest BCUT2D eigenvalue weighted by Gasteiger charge is -2.35. The Morgan fingerprint density at radius 2 is 1.50 bits per heavy atom. The molecule has 0 aliphatic heterocycles. The van der Waals surface area contributed by atoms with E-state index in [1.54, 1.807) is 0 Å². The number of rotatable bonds is 8. The van der Waals surface area contributed by atoms with Crippen LogP contribution in [0.1, 0.15) is 27.2 Å². The topological polar surface area (TPSA) is 34.1 Å². The smallest absolute Gasteiger partial charge is 0.198 e. The third-order valence-electron chi connectivity index (χ3n) is 3.09. The SMILES string of the molecule is CC[N+](CC)(CC)CCCSS(C)(=O)=O.[Br-]. The van der Waals surface area contributed by atoms with Crippen LogP contribution in [0.4, 0.5) is 0 Å². The Morgan fingerprint density at radius 3 is 1.81 bits per heavy atom. The van der Waals surface area contributed by atoms with E-state index in [1.165, 1.54) is 6.26 Å². The summed E-state index contributed by atoms with van der Waals surface area (Å²) in [5.41, 5.74) is 0. The predicted octanol–water partition coefficient (Wildman–Crippen LogP) is -1.05. The Balaban J connectivity index is 0. The monoisotopic (exact) mass is 333 g/mol. The summed E-state index contributed by atoms with van der Waals surface area (Å²) in [5, 5.41) is 0. The van der Waals surface area contributed by atoms with E-state index in [4.69, 9.17) is 0 Å². The van der Waals surface area contributed by atoms with Crippen molar-refractivity contribution in [2.45, 2.75) is 27.2 Å². The molecule has 0 heterocycles. The standard InChI is InChI=1S/C10H24NO2S2.BrH/c1-5-11(6-2,7-3)9-8-10-14-15(4,12)13;/h5-10H2,1-4H3;1H/q+1;/p-1. The molecule has 6 heteroatoms. The highest BCUT2D eigenvalue weighted by molar-refractivity contribution is 8.71. The summed E-state index contributed by atoms with van der Waals surface area (Å²) in [4.78, 5) is 0. The Hall–Kier alpha value is 0.740. The summed E-state index contributed by atoms with van der Waals surface area (Å²) in [6.45, 7) is 11.1. The first-order valence-corrected chi connectivity index (χ1v) is 8.98. The fourth-order valence-corrected chi connectivity index (χ4v) is 3.57. The van der Waals surface area contributed by atoms with Crippen LogP contribution in [0, 0.1) is 0 Å². The van der Waals surface area contributed by atoms with Gasteiger partial charge in [0.25, 0.3) is 0 Å². The van der Waals surface area contributed by atoms with E-state index in [0.717, 1.165) is 53.6 Å². The molecule has 0 N–H and O–H groups in total. The van der Waals surface area contributed by atoms with E-state index in [0.29, 0.717) is 0 Å². The lowest BCUT2D eigenvalue weighted by atomic mass is 10.3. The number of halogens is 1. The largest absolute Gasteiger partial charge is 1.00 e. The minimum absolute atomic E-state index is 0. The average molecular weight is 334 g/mol. The van der Waals surface area contributed by atoms with Gasteiger partial charge in [-0.15, -0.1) is 0 Å². The maximum absolute atomic E-state index is 10.9. The van der Waals surface area contributed by atoms with Crippen molar-refractivity contribution in [1.29, 1.82) is 0 Å². The highest BCUT2D eigenvalue weighted by Crippen LogP contribution is 2.14. The molecule has 0 atom stereocenters. The lowest BCUT2D eigenvalue weighted by molar-refractivity contribution is -0.923. The molecule has 3 nitrogen and oxygen atoms in total. The van der Waals surface area contributed by atoms with Crippen LogP contribution >= 0.6 is 10.8 Å². The molecule has 0 rings (SSSR count). The van der Waals surface area contributed by atoms with Gasteiger partial charge in [0.2, 0.25) is 0 Å². The van der Waals surface area contributed by atoms with Gasteiger partial charge < -0.3 is 21.5 Å². The molecule has 0 unspecified atom stereocenters. The summed E-state index contributed by atoms with van der Waals surface area (Å²) in [6.07, 6.45) is 2.26. The van der Waals surface area contributed by atoms with E-state index in [1.807, 2.05) is 0 Å². The van der Waals surface area contributed by atoms with Crippen molar-refractivity contribution in [3.63, 3.8) is 0 Å². The molecule has 0 saturated carbocycles. The zero-order chi connectivity index (χ0) is 11.9. The summed E-state index contributed by atoms with van der Waals surface area (Å²) < 4.78 is 22.9. The molecule has 0 aliphatic rings. The van der Waals surface area contributed by atoms with Crippen LogP contribution in [-0.2, 0) is 8.87 Å². The van der Waals surface area contributed by atoms with Crippen LogP contribution in [-0.4, -0.2) is 51.1 Å². The fourth-order valence-electron chi connectivity index (χ4n) is 1.76. The van der Waals surface area contributed by atoms with Gasteiger partial charge in [-0.2, -0.15) is 0 Å². The van der Waals surface area contributed by atoms with Crippen molar-refractivity contribution in [2.75, 3.05) is 38.2 Å². The zero-order valence-corrected chi connectivity index (χ0v) is 13.9. The molecular formula is C10H24BrNO2S2. The minimum Gasteiger partial charge on any atom is -1.00 e. The van der Waals surface area contributed by atoms with Crippen molar-refractivity contribution in [3.8, 4) is 0 Å². The maximum Gasteiger partial charge on any atom is 0.198 e. The van der Waals surface area contributed by atoms with Gasteiger partial charge in [0.05, 0.1) is 26.2 Å². The number of nitrogens with zero attached hydrogens (tertiary/aromatic N) is 1. The van der Waals surface area contributed by atoms with Crippen molar-refractivity contribution in [3.05, 3.63) is 0 Å². The molecule has 0 spiro atoms. The molecule has 0 aromatic rings. The van der Waals surface area contributed by atoms with Gasteiger partial charge in [-0.1, -0.05) is 0 Å². The van der Waals surface area contributed by atoms with Crippen LogP contribution in [0.3, 0.4) is 0 Å². The van der Waals surface area contributed by atoms with Gasteiger partial charge >= 0.3 is 0 Å². The van der Waals surface area contributed by atoms with E-state index in [-0.39, 0.29) is 17.0 Å². The molecule has 0 saturated heterocycles. The summed E-state index contributed by atoms with van der Waals surface area (Å²) in [6, 6.07) is 0. The van der Waals surface area contributed by atoms with Crippen molar-refractivity contribution >= 4 is 19.7 Å². The van der Waals surface area contributed by atoms with E-state index in [9.17, 15) is 8.42 Å². The molecule has 0 aromatic carbocycles. The van der Waals surface area contributed by atoms with Gasteiger partial charge in [-0.3, -0.25) is 0 Å². The zero-order valence-electron chi connectivity index (χ0n) is 10.7. The summed E-state index contributed by atoms with van der Waals surface area (Å²) in [5.74, 6) is 0.721. The van der Waals surface area contributed by atoms with Crippen LogP contribution in [0.2, 0.25) is 0 Å². The summed E-state index contributed by atoms with van der Waals surface area (Å²) >= 11 is 0. The molecule has 0 aliphatic carbocycles. The Bertz CT molecular complexity index is 256. The molecule has 0 bridgehead atoms. The first-order valence-electron chi connectivity index (χ1n) is 5.58. The number of hydrogen-bond donors (Lipinski definition) is 0. The molecule has 100 valence electrons. The fraction of sp³-hybridized carbons (Fsp3) is 1.00. The second kappa shape index (κ2) is 8.78. The van der Waals surface area contributed by atoms with Crippen LogP contribution in [0.5, 0.6) is 0 Å². The van der Waals surface area contributed by atoms with Crippen LogP contribution in [0.25, 0.3) is 0 Å². The first kappa shape index (κ1) is 19.1. The molecule has 0 amide bonds. The number of hydrogen-bond acceptors (Lipinski definition) is 3. The highest BCUT2D eigenvalue weighted by Gasteiger charge is 2.19. The van der Waals surface area contributed by atoms with Crippen LogP contribution < -0.4 is 17.0 Å². The second-order valence-electron chi connectivity index (χ2n) is 3.89. The van der Waals surface area contributed by atoms with E-state index in [2.05, 4.69) is 20.8 Å². The van der Waals surface area contributed by atoms with Crippen molar-refractivity contribution in [2.24, 2.45) is 0 Å². The van der Waals surface area contributed by atoms with Gasteiger partial charge in [-0.25, -0.2) is 8.42 Å². The molecule has 0 aromatic heterocycles. The Morgan fingerprint density at radius 1 is 1.06 bits per heavy atom. The van der Waals surface area contributed by atoms with E-state index < -0.39 is 8.87 Å². The van der Waals surface area contributed by atoms with Gasteiger partial charge in [-0.05, 0) is 31.6 Å². The highest BCUT2D eigenvalue weighted by atomic mass is 79.9. The third-order valence-corrected chi connectivity index (χ3v) is 5.75. The average Bonchev–Trinajstić information content (AvgIpc) is 2.18. The second-order valence-corrected chi connectivity index (χ2v) is 8.47. The lowest BCUT2D eigenvalue weighted by Crippen LogP contribution is -3.00. The molecular weight excluding hydrogens is 310 g/mol. The van der Waals surface area contributed by atoms with Crippen LogP contribution in [0.15, 0.2) is 0 Å². The van der Waals surface area contributed by atoms with Gasteiger partial charge in [0.15, 0.2) is 8.87 Å². The van der Waals surface area contributed by atoms with E-state index >= 15 is 0 Å². The Kier molecular flexibility index (Phi) is 10.5. The third kappa shape index (κ3) is 7.92. The maximum atomic E-state index is 10.9. The predicted molar refractivity (Wildman–Crippen MR) is 68.7 cm³/mol.